The maximum Gasteiger partial charge on any atom is 0.323 e. The Morgan fingerprint density at radius 1 is 1.38 bits per heavy atom. The standard InChI is InChI=1S/C15H26N2O4/c1-2-6-17(10-14(18)19)15(20)13-11-21-8-7-16(13)9-12-4-3-5-12/h12-13H,2-11H2,1H3,(H,18,19). The summed E-state index contributed by atoms with van der Waals surface area (Å²) in [6, 6.07) is -0.315. The quantitative estimate of drug-likeness (QED) is 0.753. The molecule has 6 heteroatoms. The van der Waals surface area contributed by atoms with Crippen LogP contribution in [0.4, 0.5) is 0 Å². The molecule has 1 heterocycles. The molecule has 0 radical (unpaired) electrons. The number of ether oxygens (including phenoxy) is 1. The van der Waals surface area contributed by atoms with Crippen molar-refractivity contribution >= 4 is 11.9 Å². The Labute approximate surface area is 126 Å². The highest BCUT2D eigenvalue weighted by molar-refractivity contribution is 5.85. The molecule has 0 bridgehead atoms. The van der Waals surface area contributed by atoms with E-state index in [1.165, 1.54) is 24.2 Å². The lowest BCUT2D eigenvalue weighted by atomic mass is 9.84. The molecule has 1 aliphatic carbocycles. The van der Waals surface area contributed by atoms with Gasteiger partial charge in [0, 0.05) is 19.6 Å². The van der Waals surface area contributed by atoms with Gasteiger partial charge in [0.1, 0.15) is 12.6 Å². The largest absolute Gasteiger partial charge is 0.480 e. The number of carboxylic acids is 1. The number of hydrogen-bond acceptors (Lipinski definition) is 4. The van der Waals surface area contributed by atoms with Crippen LogP contribution in [0.2, 0.25) is 0 Å². The molecule has 2 aliphatic rings. The lowest BCUT2D eigenvalue weighted by molar-refractivity contribution is -0.151. The van der Waals surface area contributed by atoms with Gasteiger partial charge in [-0.3, -0.25) is 14.5 Å². The van der Waals surface area contributed by atoms with Gasteiger partial charge in [0.05, 0.1) is 13.2 Å². The van der Waals surface area contributed by atoms with E-state index < -0.39 is 5.97 Å². The summed E-state index contributed by atoms with van der Waals surface area (Å²) >= 11 is 0. The predicted octanol–water partition coefficient (Wildman–Crippen LogP) is 0.810. The Balaban J connectivity index is 1.99. The molecule has 21 heavy (non-hydrogen) atoms. The van der Waals surface area contributed by atoms with E-state index in [0.717, 1.165) is 19.5 Å². The van der Waals surface area contributed by atoms with E-state index in [1.54, 1.807) is 0 Å². The number of aliphatic carboxylic acids is 1. The van der Waals surface area contributed by atoms with E-state index in [-0.39, 0.29) is 18.5 Å². The van der Waals surface area contributed by atoms with Crippen molar-refractivity contribution in [3.05, 3.63) is 0 Å². The Hall–Kier alpha value is -1.14. The van der Waals surface area contributed by atoms with Crippen LogP contribution in [-0.2, 0) is 14.3 Å². The van der Waals surface area contributed by atoms with Crippen molar-refractivity contribution < 1.29 is 19.4 Å². The number of nitrogens with zero attached hydrogens (tertiary/aromatic N) is 2. The molecule has 0 aromatic rings. The normalized spacial score (nSPS) is 23.6. The predicted molar refractivity (Wildman–Crippen MR) is 78.0 cm³/mol. The number of amides is 1. The van der Waals surface area contributed by atoms with Gasteiger partial charge in [0.15, 0.2) is 0 Å². The molecule has 1 unspecified atom stereocenters. The first-order valence-electron chi connectivity index (χ1n) is 7.94. The van der Waals surface area contributed by atoms with Crippen LogP contribution in [0.1, 0.15) is 32.6 Å². The topological polar surface area (TPSA) is 70.1 Å². The molecule has 0 aromatic carbocycles. The molecule has 1 atom stereocenters. The van der Waals surface area contributed by atoms with Crippen LogP contribution < -0.4 is 0 Å². The molecule has 1 N–H and O–H groups in total. The summed E-state index contributed by atoms with van der Waals surface area (Å²) in [5.41, 5.74) is 0. The zero-order valence-corrected chi connectivity index (χ0v) is 12.8. The third kappa shape index (κ3) is 4.41. The molecule has 6 nitrogen and oxygen atoms in total. The molecule has 1 saturated carbocycles. The number of morpholine rings is 1. The van der Waals surface area contributed by atoms with Crippen LogP contribution in [0.3, 0.4) is 0 Å². The summed E-state index contributed by atoms with van der Waals surface area (Å²) in [6.45, 7) is 4.95. The zero-order valence-electron chi connectivity index (χ0n) is 12.8. The van der Waals surface area contributed by atoms with Crippen molar-refractivity contribution in [3.63, 3.8) is 0 Å². The SMILES string of the molecule is CCCN(CC(=O)O)C(=O)C1COCCN1CC1CCC1. The average Bonchev–Trinajstić information content (AvgIpc) is 2.41. The number of carbonyl (C=O) groups excluding carboxylic acids is 1. The summed E-state index contributed by atoms with van der Waals surface area (Å²) in [7, 11) is 0. The van der Waals surface area contributed by atoms with E-state index in [9.17, 15) is 9.59 Å². The smallest absolute Gasteiger partial charge is 0.323 e. The maximum absolute atomic E-state index is 12.7. The molecule has 0 aromatic heterocycles. The lowest BCUT2D eigenvalue weighted by Crippen LogP contribution is -2.56. The van der Waals surface area contributed by atoms with Gasteiger partial charge in [-0.1, -0.05) is 13.3 Å². The molecule has 1 aliphatic heterocycles. The third-order valence-corrected chi connectivity index (χ3v) is 4.37. The zero-order chi connectivity index (χ0) is 15.2. The van der Waals surface area contributed by atoms with Crippen molar-refractivity contribution in [3.8, 4) is 0 Å². The minimum Gasteiger partial charge on any atom is -0.480 e. The average molecular weight is 298 g/mol. The van der Waals surface area contributed by atoms with E-state index in [4.69, 9.17) is 9.84 Å². The summed E-state index contributed by atoms with van der Waals surface area (Å²) in [4.78, 5) is 27.3. The number of carboxylic acid groups (broad SMARTS) is 1. The lowest BCUT2D eigenvalue weighted by Gasteiger charge is -2.40. The van der Waals surface area contributed by atoms with Crippen LogP contribution in [0.5, 0.6) is 0 Å². The molecule has 1 saturated heterocycles. The van der Waals surface area contributed by atoms with E-state index in [2.05, 4.69) is 4.90 Å². The fourth-order valence-corrected chi connectivity index (χ4v) is 3.00. The van der Waals surface area contributed by atoms with Gasteiger partial charge in [-0.15, -0.1) is 0 Å². The second kappa shape index (κ2) is 7.75. The Morgan fingerprint density at radius 3 is 2.71 bits per heavy atom. The number of carbonyl (C=O) groups is 2. The molecule has 120 valence electrons. The number of hydrogen-bond donors (Lipinski definition) is 1. The second-order valence-electron chi connectivity index (χ2n) is 6.04. The highest BCUT2D eigenvalue weighted by Crippen LogP contribution is 2.28. The maximum atomic E-state index is 12.7. The monoisotopic (exact) mass is 298 g/mol. The minimum atomic E-state index is -0.959. The van der Waals surface area contributed by atoms with Crippen LogP contribution in [-0.4, -0.2) is 72.2 Å². The Kier molecular flexibility index (Phi) is 5.99. The molecule has 2 fully saturated rings. The summed E-state index contributed by atoms with van der Waals surface area (Å²) in [6.07, 6.45) is 4.53. The van der Waals surface area contributed by atoms with Crippen molar-refractivity contribution in [1.29, 1.82) is 0 Å². The van der Waals surface area contributed by atoms with Gasteiger partial charge in [0.25, 0.3) is 0 Å². The minimum absolute atomic E-state index is 0.0988. The molecule has 0 spiro atoms. The van der Waals surface area contributed by atoms with Gasteiger partial charge in [-0.25, -0.2) is 0 Å². The molecular weight excluding hydrogens is 272 g/mol. The van der Waals surface area contributed by atoms with Crippen LogP contribution in [0.25, 0.3) is 0 Å². The van der Waals surface area contributed by atoms with Crippen LogP contribution >= 0.6 is 0 Å². The third-order valence-electron chi connectivity index (χ3n) is 4.37. The van der Waals surface area contributed by atoms with E-state index in [1.807, 2.05) is 6.92 Å². The highest BCUT2D eigenvalue weighted by atomic mass is 16.5. The first-order valence-corrected chi connectivity index (χ1v) is 7.94. The summed E-state index contributed by atoms with van der Waals surface area (Å²) in [5, 5.41) is 8.98. The fraction of sp³-hybridized carbons (Fsp3) is 0.867. The highest BCUT2D eigenvalue weighted by Gasteiger charge is 2.35. The van der Waals surface area contributed by atoms with Gasteiger partial charge in [-0.05, 0) is 25.2 Å². The van der Waals surface area contributed by atoms with Crippen LogP contribution in [0, 0.1) is 5.92 Å². The molecular formula is C15H26N2O4. The second-order valence-corrected chi connectivity index (χ2v) is 6.04. The van der Waals surface area contributed by atoms with E-state index >= 15 is 0 Å². The van der Waals surface area contributed by atoms with Gasteiger partial charge >= 0.3 is 5.97 Å². The van der Waals surface area contributed by atoms with Crippen LogP contribution in [0.15, 0.2) is 0 Å². The van der Waals surface area contributed by atoms with Crippen molar-refractivity contribution in [2.45, 2.75) is 38.6 Å². The van der Waals surface area contributed by atoms with Crippen molar-refractivity contribution in [2.75, 3.05) is 39.4 Å². The van der Waals surface area contributed by atoms with E-state index in [0.29, 0.717) is 25.7 Å². The summed E-state index contributed by atoms with van der Waals surface area (Å²) in [5.74, 6) is -0.366. The van der Waals surface area contributed by atoms with Crippen molar-refractivity contribution in [2.24, 2.45) is 5.92 Å². The molecule has 1 amide bonds. The van der Waals surface area contributed by atoms with Gasteiger partial charge in [0.2, 0.25) is 5.91 Å². The first kappa shape index (κ1) is 16.2. The van der Waals surface area contributed by atoms with Gasteiger partial charge < -0.3 is 14.7 Å². The number of rotatable bonds is 7. The van der Waals surface area contributed by atoms with Gasteiger partial charge in [-0.2, -0.15) is 0 Å². The fourth-order valence-electron chi connectivity index (χ4n) is 3.00. The Morgan fingerprint density at radius 2 is 2.14 bits per heavy atom. The Bertz CT molecular complexity index is 371. The van der Waals surface area contributed by atoms with Crippen molar-refractivity contribution in [1.82, 2.24) is 9.80 Å². The summed E-state index contributed by atoms with van der Waals surface area (Å²) < 4.78 is 5.46. The first-order chi connectivity index (χ1) is 10.1. The molecule has 2 rings (SSSR count).